The number of aryl methyl sites for hydroxylation is 1. The topological polar surface area (TPSA) is 50.1 Å². The average Bonchev–Trinajstić information content (AvgIpc) is 3.07. The summed E-state index contributed by atoms with van der Waals surface area (Å²) >= 11 is 0. The molecular weight excluding hydrogens is 328 g/mol. The Morgan fingerprint density at radius 1 is 1.08 bits per heavy atom. The lowest BCUT2D eigenvalue weighted by Gasteiger charge is -2.36. The van der Waals surface area contributed by atoms with Gasteiger partial charge in [-0.05, 0) is 31.2 Å². The molecule has 3 aromatic rings. The Hall–Kier alpha value is -3.02. The molecule has 0 atom stereocenters. The molecule has 1 aliphatic rings. The van der Waals surface area contributed by atoms with Crippen LogP contribution in [0.4, 0.5) is 5.69 Å². The number of piperazine rings is 1. The van der Waals surface area contributed by atoms with Gasteiger partial charge in [-0.25, -0.2) is 4.98 Å². The minimum atomic E-state index is 0.0167. The average molecular weight is 350 g/mol. The van der Waals surface area contributed by atoms with Crippen LogP contribution in [0.5, 0.6) is 5.75 Å². The predicted octanol–water partition coefficient (Wildman–Crippen LogP) is 2.37. The molecule has 1 aromatic carbocycles. The molecule has 3 heterocycles. The number of benzene rings is 1. The summed E-state index contributed by atoms with van der Waals surface area (Å²) in [7, 11) is 0. The van der Waals surface area contributed by atoms with Crippen LogP contribution in [0.25, 0.3) is 5.65 Å². The van der Waals surface area contributed by atoms with E-state index in [4.69, 9.17) is 4.74 Å². The molecule has 0 N–H and O–H groups in total. The number of aromatic nitrogens is 2. The number of ether oxygens (including phenoxy) is 1. The third-order valence-electron chi connectivity index (χ3n) is 4.67. The van der Waals surface area contributed by atoms with Crippen molar-refractivity contribution in [1.29, 1.82) is 0 Å². The molecule has 6 nitrogen and oxygen atoms in total. The molecule has 6 heteroatoms. The number of hydrogen-bond acceptors (Lipinski definition) is 4. The fourth-order valence-electron chi connectivity index (χ4n) is 3.31. The van der Waals surface area contributed by atoms with E-state index in [2.05, 4.69) is 22.0 Å². The zero-order valence-corrected chi connectivity index (χ0v) is 14.8. The van der Waals surface area contributed by atoms with Gasteiger partial charge in [-0.15, -0.1) is 0 Å². The summed E-state index contributed by atoms with van der Waals surface area (Å²) in [6.07, 6.45) is 3.86. The zero-order chi connectivity index (χ0) is 17.9. The van der Waals surface area contributed by atoms with Crippen molar-refractivity contribution in [2.45, 2.75) is 6.92 Å². The van der Waals surface area contributed by atoms with Gasteiger partial charge in [0.05, 0.1) is 5.69 Å². The van der Waals surface area contributed by atoms with Gasteiger partial charge in [0.15, 0.2) is 18.0 Å². The number of hydrogen-bond donors (Lipinski definition) is 0. The van der Waals surface area contributed by atoms with E-state index in [0.29, 0.717) is 18.8 Å². The van der Waals surface area contributed by atoms with Crippen molar-refractivity contribution in [1.82, 2.24) is 14.3 Å². The number of para-hydroxylation sites is 1. The molecule has 4 rings (SSSR count). The van der Waals surface area contributed by atoms with Crippen LogP contribution in [0.1, 0.15) is 5.69 Å². The third-order valence-corrected chi connectivity index (χ3v) is 4.67. The molecule has 0 spiro atoms. The van der Waals surface area contributed by atoms with E-state index in [9.17, 15) is 4.79 Å². The lowest BCUT2D eigenvalue weighted by Crippen LogP contribution is -2.50. The number of nitrogens with zero attached hydrogens (tertiary/aromatic N) is 4. The van der Waals surface area contributed by atoms with Gasteiger partial charge in [-0.3, -0.25) is 4.79 Å². The summed E-state index contributed by atoms with van der Waals surface area (Å²) in [5.41, 5.74) is 2.87. The monoisotopic (exact) mass is 350 g/mol. The summed E-state index contributed by atoms with van der Waals surface area (Å²) in [6, 6.07) is 14.1. The Morgan fingerprint density at radius 2 is 1.85 bits per heavy atom. The zero-order valence-electron chi connectivity index (χ0n) is 14.8. The first kappa shape index (κ1) is 16.4. The summed E-state index contributed by atoms with van der Waals surface area (Å²) in [5.74, 6) is 0.653. The van der Waals surface area contributed by atoms with Crippen LogP contribution in [0.3, 0.4) is 0 Å². The Labute approximate surface area is 152 Å². The number of carbonyl (C=O) groups excluding carboxylic acids is 1. The van der Waals surface area contributed by atoms with Crippen molar-refractivity contribution in [3.63, 3.8) is 0 Å². The quantitative estimate of drug-likeness (QED) is 0.725. The Balaban J connectivity index is 1.34. The molecule has 1 saturated heterocycles. The maximum atomic E-state index is 12.5. The van der Waals surface area contributed by atoms with Gasteiger partial charge in [-0.1, -0.05) is 18.2 Å². The molecule has 1 fully saturated rings. The van der Waals surface area contributed by atoms with Crippen LogP contribution >= 0.6 is 0 Å². The van der Waals surface area contributed by atoms with Crippen molar-refractivity contribution in [2.24, 2.45) is 0 Å². The minimum Gasteiger partial charge on any atom is -0.480 e. The third kappa shape index (κ3) is 3.35. The molecular formula is C20H22N4O2. The van der Waals surface area contributed by atoms with Gasteiger partial charge >= 0.3 is 0 Å². The summed E-state index contributed by atoms with van der Waals surface area (Å²) in [6.45, 7) is 5.08. The lowest BCUT2D eigenvalue weighted by atomic mass is 10.2. The van der Waals surface area contributed by atoms with Gasteiger partial charge in [-0.2, -0.15) is 0 Å². The number of amides is 1. The first-order chi connectivity index (χ1) is 12.7. The van der Waals surface area contributed by atoms with E-state index >= 15 is 0 Å². The molecule has 2 aromatic heterocycles. The summed E-state index contributed by atoms with van der Waals surface area (Å²) in [5, 5.41) is 0. The van der Waals surface area contributed by atoms with Gasteiger partial charge in [0.2, 0.25) is 0 Å². The largest absolute Gasteiger partial charge is 0.480 e. The number of pyridine rings is 1. The van der Waals surface area contributed by atoms with Crippen LogP contribution in [-0.4, -0.2) is 53.0 Å². The van der Waals surface area contributed by atoms with Crippen LogP contribution in [0.2, 0.25) is 0 Å². The van der Waals surface area contributed by atoms with Crippen molar-refractivity contribution in [2.75, 3.05) is 37.7 Å². The Bertz CT molecular complexity index is 899. The molecule has 0 saturated carbocycles. The first-order valence-corrected chi connectivity index (χ1v) is 8.85. The van der Waals surface area contributed by atoms with Gasteiger partial charge in [0.1, 0.15) is 0 Å². The first-order valence-electron chi connectivity index (χ1n) is 8.85. The Morgan fingerprint density at radius 3 is 2.62 bits per heavy atom. The maximum Gasteiger partial charge on any atom is 0.260 e. The van der Waals surface area contributed by atoms with Gasteiger partial charge in [0.25, 0.3) is 5.91 Å². The number of fused-ring (bicyclic) bond motifs is 1. The predicted molar refractivity (Wildman–Crippen MR) is 101 cm³/mol. The second-order valence-corrected chi connectivity index (χ2v) is 6.48. The van der Waals surface area contributed by atoms with E-state index in [0.717, 1.165) is 24.4 Å². The molecule has 0 radical (unpaired) electrons. The number of carbonyl (C=O) groups is 1. The van der Waals surface area contributed by atoms with Crippen LogP contribution < -0.4 is 9.64 Å². The minimum absolute atomic E-state index is 0.0167. The molecule has 134 valence electrons. The second-order valence-electron chi connectivity index (χ2n) is 6.48. The standard InChI is InChI=1S/C20H22N4O2/c1-16-14-24-9-5-8-18(20(24)21-16)26-15-19(25)23-12-10-22(11-13-23)17-6-3-2-4-7-17/h2-9,14H,10-13,15H2,1H3. The molecule has 1 aliphatic heterocycles. The van der Waals surface area contributed by atoms with Crippen molar-refractivity contribution < 1.29 is 9.53 Å². The van der Waals surface area contributed by atoms with Crippen LogP contribution in [0.15, 0.2) is 54.9 Å². The van der Waals surface area contributed by atoms with Crippen LogP contribution in [0, 0.1) is 6.92 Å². The molecule has 0 aliphatic carbocycles. The van der Waals surface area contributed by atoms with Crippen LogP contribution in [-0.2, 0) is 4.79 Å². The SMILES string of the molecule is Cc1cn2cccc(OCC(=O)N3CCN(c4ccccc4)CC3)c2n1. The van der Waals surface area contributed by atoms with E-state index in [1.54, 1.807) is 0 Å². The van der Waals surface area contributed by atoms with E-state index in [1.165, 1.54) is 5.69 Å². The maximum absolute atomic E-state index is 12.5. The van der Waals surface area contributed by atoms with E-state index in [1.807, 2.05) is 58.9 Å². The fourth-order valence-corrected chi connectivity index (χ4v) is 3.31. The molecule has 0 unspecified atom stereocenters. The summed E-state index contributed by atoms with van der Waals surface area (Å²) in [4.78, 5) is 21.1. The van der Waals surface area contributed by atoms with Crippen molar-refractivity contribution in [3.8, 4) is 5.75 Å². The summed E-state index contributed by atoms with van der Waals surface area (Å²) < 4.78 is 7.68. The fraction of sp³-hybridized carbons (Fsp3) is 0.300. The molecule has 1 amide bonds. The second kappa shape index (κ2) is 7.07. The van der Waals surface area contributed by atoms with Gasteiger partial charge in [0, 0.05) is 44.3 Å². The Kier molecular flexibility index (Phi) is 4.48. The highest BCUT2D eigenvalue weighted by Crippen LogP contribution is 2.19. The normalized spacial score (nSPS) is 14.7. The van der Waals surface area contributed by atoms with Crippen molar-refractivity contribution >= 4 is 17.2 Å². The molecule has 26 heavy (non-hydrogen) atoms. The van der Waals surface area contributed by atoms with Gasteiger partial charge < -0.3 is 18.9 Å². The highest BCUT2D eigenvalue weighted by Gasteiger charge is 2.21. The highest BCUT2D eigenvalue weighted by molar-refractivity contribution is 5.78. The lowest BCUT2D eigenvalue weighted by molar-refractivity contribution is -0.133. The van der Waals surface area contributed by atoms with E-state index in [-0.39, 0.29) is 12.5 Å². The number of rotatable bonds is 4. The van der Waals surface area contributed by atoms with E-state index < -0.39 is 0 Å². The number of imidazole rings is 1. The number of anilines is 1. The molecule has 0 bridgehead atoms. The van der Waals surface area contributed by atoms with Crippen molar-refractivity contribution in [3.05, 3.63) is 60.6 Å². The smallest absolute Gasteiger partial charge is 0.260 e. The highest BCUT2D eigenvalue weighted by atomic mass is 16.5.